The molecule has 0 aromatic rings. The number of rotatable bonds is 10. The first kappa shape index (κ1) is 23.7. The lowest BCUT2D eigenvalue weighted by Crippen LogP contribution is -2.59. The number of hydrogen-bond donors (Lipinski definition) is 0. The minimum absolute atomic E-state index is 0.0961. The largest absolute Gasteiger partial charge is 0.463 e. The van der Waals surface area contributed by atoms with Gasteiger partial charge in [0, 0.05) is 20.8 Å². The van der Waals surface area contributed by atoms with Gasteiger partial charge in [-0.1, -0.05) is 44.4 Å². The molecule has 0 aromatic carbocycles. The van der Waals surface area contributed by atoms with Crippen molar-refractivity contribution in [3.63, 3.8) is 0 Å². The van der Waals surface area contributed by atoms with Crippen molar-refractivity contribution in [3.8, 4) is 0 Å². The maximum Gasteiger partial charge on any atom is 0.303 e. The quantitative estimate of drug-likeness (QED) is 0.297. The van der Waals surface area contributed by atoms with E-state index in [2.05, 4.69) is 6.92 Å². The number of carbonyl (C=O) groups is 3. The molecule has 2 heterocycles. The van der Waals surface area contributed by atoms with Crippen LogP contribution in [0, 0.1) is 0 Å². The molecule has 1 saturated heterocycles. The van der Waals surface area contributed by atoms with Gasteiger partial charge in [-0.15, -0.1) is 0 Å². The highest BCUT2D eigenvalue weighted by molar-refractivity contribution is 8.14. The van der Waals surface area contributed by atoms with Gasteiger partial charge in [-0.2, -0.15) is 0 Å². The third-order valence-electron chi connectivity index (χ3n) is 4.71. The highest BCUT2D eigenvalue weighted by Crippen LogP contribution is 2.40. The van der Waals surface area contributed by atoms with Gasteiger partial charge in [0.15, 0.2) is 12.2 Å². The fraction of sp³-hybridized carbons (Fsp3) is 0.800. The Labute approximate surface area is 176 Å². The highest BCUT2D eigenvalue weighted by Gasteiger charge is 2.52. The summed E-state index contributed by atoms with van der Waals surface area (Å²) in [4.78, 5) is 39.3. The predicted octanol–water partition coefficient (Wildman–Crippen LogP) is 3.01. The number of unbranched alkanes of at least 4 members (excludes halogenated alkanes) is 4. The standard InChI is InChI=1S/C20H31NO7S/c1-5-6-7-8-9-10-16-21-17-19(27-14(4)24)18(26-13(3)23)15(11-25-12(2)22)28-20(17)29-16/h15,17-20H,5-11H2,1-4H3/t15-,17-,18-,19-,20-/m1/s1. The Morgan fingerprint density at radius 3 is 2.24 bits per heavy atom. The Morgan fingerprint density at radius 1 is 0.966 bits per heavy atom. The molecular weight excluding hydrogens is 398 g/mol. The minimum atomic E-state index is -0.898. The number of carbonyl (C=O) groups excluding carboxylic acids is 3. The molecular formula is C20H31NO7S. The van der Waals surface area contributed by atoms with Crippen LogP contribution in [0.5, 0.6) is 0 Å². The van der Waals surface area contributed by atoms with E-state index in [9.17, 15) is 14.4 Å². The molecule has 1 fully saturated rings. The van der Waals surface area contributed by atoms with Crippen LogP contribution in [0.1, 0.15) is 66.2 Å². The Kier molecular flexibility index (Phi) is 9.42. The van der Waals surface area contributed by atoms with Crippen molar-refractivity contribution in [3.05, 3.63) is 0 Å². The van der Waals surface area contributed by atoms with E-state index in [4.69, 9.17) is 23.9 Å². The Hall–Kier alpha value is -1.61. The van der Waals surface area contributed by atoms with Crippen LogP contribution in [-0.4, -0.2) is 59.3 Å². The lowest BCUT2D eigenvalue weighted by molar-refractivity contribution is -0.208. The molecule has 8 nitrogen and oxygen atoms in total. The second-order valence-electron chi connectivity index (χ2n) is 7.29. The predicted molar refractivity (Wildman–Crippen MR) is 109 cm³/mol. The second-order valence-corrected chi connectivity index (χ2v) is 8.46. The molecule has 29 heavy (non-hydrogen) atoms. The summed E-state index contributed by atoms with van der Waals surface area (Å²) < 4.78 is 22.1. The Bertz CT molecular complexity index is 624. The van der Waals surface area contributed by atoms with Crippen molar-refractivity contribution in [2.24, 2.45) is 4.99 Å². The number of esters is 3. The molecule has 9 heteroatoms. The Balaban J connectivity index is 2.12. The van der Waals surface area contributed by atoms with Crippen LogP contribution in [0.25, 0.3) is 0 Å². The third kappa shape index (κ3) is 7.29. The maximum atomic E-state index is 11.7. The first-order chi connectivity index (χ1) is 13.8. The summed E-state index contributed by atoms with van der Waals surface area (Å²) in [5.41, 5.74) is -0.377. The van der Waals surface area contributed by atoms with Crippen molar-refractivity contribution in [1.82, 2.24) is 0 Å². The first-order valence-corrected chi connectivity index (χ1v) is 11.1. The van der Waals surface area contributed by atoms with Gasteiger partial charge in [0.2, 0.25) is 0 Å². The summed E-state index contributed by atoms with van der Waals surface area (Å²) in [5, 5.41) is 0.948. The lowest BCUT2D eigenvalue weighted by atomic mass is 9.97. The monoisotopic (exact) mass is 429 g/mol. The molecule has 0 saturated carbocycles. The van der Waals surface area contributed by atoms with E-state index >= 15 is 0 Å². The summed E-state index contributed by atoms with van der Waals surface area (Å²) in [6.07, 6.45) is 4.21. The van der Waals surface area contributed by atoms with Gasteiger partial charge in [0.05, 0.1) is 5.04 Å². The number of ether oxygens (including phenoxy) is 4. The van der Waals surface area contributed by atoms with Gasteiger partial charge in [-0.05, 0) is 12.8 Å². The summed E-state index contributed by atoms with van der Waals surface area (Å²) >= 11 is 1.50. The van der Waals surface area contributed by atoms with E-state index in [0.717, 1.165) is 24.3 Å². The molecule has 0 N–H and O–H groups in total. The zero-order valence-electron chi connectivity index (χ0n) is 17.5. The van der Waals surface area contributed by atoms with Crippen LogP contribution in [0.4, 0.5) is 0 Å². The van der Waals surface area contributed by atoms with Gasteiger partial charge in [-0.25, -0.2) is 0 Å². The average Bonchev–Trinajstić information content (AvgIpc) is 3.04. The number of thioether (sulfide) groups is 1. The first-order valence-electron chi connectivity index (χ1n) is 10.2. The number of nitrogens with zero attached hydrogens (tertiary/aromatic N) is 1. The molecule has 0 radical (unpaired) electrons. The molecule has 5 atom stereocenters. The number of aliphatic imine (C=N–C) groups is 1. The van der Waals surface area contributed by atoms with Gasteiger partial charge in [-0.3, -0.25) is 19.4 Å². The van der Waals surface area contributed by atoms with Gasteiger partial charge < -0.3 is 18.9 Å². The molecule has 164 valence electrons. The maximum absolute atomic E-state index is 11.7. The molecule has 2 aliphatic heterocycles. The van der Waals surface area contributed by atoms with Crippen molar-refractivity contribution in [1.29, 1.82) is 0 Å². The molecule has 0 aromatic heterocycles. The topological polar surface area (TPSA) is 100 Å². The van der Waals surface area contributed by atoms with Crippen LogP contribution in [0.3, 0.4) is 0 Å². The van der Waals surface area contributed by atoms with Crippen molar-refractivity contribution in [2.75, 3.05) is 6.61 Å². The molecule has 0 aliphatic carbocycles. The van der Waals surface area contributed by atoms with Crippen LogP contribution in [0.2, 0.25) is 0 Å². The van der Waals surface area contributed by atoms with Crippen LogP contribution < -0.4 is 0 Å². The average molecular weight is 430 g/mol. The summed E-state index contributed by atoms with van der Waals surface area (Å²) in [7, 11) is 0. The highest BCUT2D eigenvalue weighted by atomic mass is 32.2. The van der Waals surface area contributed by atoms with Crippen LogP contribution >= 0.6 is 11.8 Å². The van der Waals surface area contributed by atoms with Gasteiger partial charge in [0.25, 0.3) is 0 Å². The van der Waals surface area contributed by atoms with Crippen LogP contribution in [-0.2, 0) is 33.3 Å². The van der Waals surface area contributed by atoms with E-state index < -0.39 is 42.3 Å². The SMILES string of the molecule is CCCCCCCC1=N[C@@H]2[C@@H](OC(C)=O)[C@H](OC(C)=O)[C@@H](COC(C)=O)O[C@@H]2S1. The van der Waals surface area contributed by atoms with Crippen molar-refractivity contribution >= 4 is 34.7 Å². The normalized spacial score (nSPS) is 28.3. The number of hydrogen-bond acceptors (Lipinski definition) is 9. The van der Waals surface area contributed by atoms with E-state index in [1.807, 2.05) is 0 Å². The zero-order chi connectivity index (χ0) is 21.4. The van der Waals surface area contributed by atoms with Crippen LogP contribution in [0.15, 0.2) is 4.99 Å². The van der Waals surface area contributed by atoms with Crippen molar-refractivity contribution < 1.29 is 33.3 Å². The van der Waals surface area contributed by atoms with Crippen molar-refractivity contribution in [2.45, 2.75) is 96.0 Å². The molecule has 0 spiro atoms. The zero-order valence-corrected chi connectivity index (χ0v) is 18.4. The molecule has 2 aliphatic rings. The summed E-state index contributed by atoms with van der Waals surface area (Å²) in [5.74, 6) is -1.50. The number of fused-ring (bicyclic) bond motifs is 1. The summed E-state index contributed by atoms with van der Waals surface area (Å²) in [6.45, 7) is 5.95. The molecule has 0 amide bonds. The smallest absolute Gasteiger partial charge is 0.303 e. The van der Waals surface area contributed by atoms with E-state index in [1.54, 1.807) is 0 Å². The molecule has 0 bridgehead atoms. The fourth-order valence-electron chi connectivity index (χ4n) is 3.45. The molecule has 0 unspecified atom stereocenters. The summed E-state index contributed by atoms with van der Waals surface area (Å²) in [6, 6.07) is -0.465. The third-order valence-corrected chi connectivity index (χ3v) is 5.91. The van der Waals surface area contributed by atoms with Gasteiger partial charge in [0.1, 0.15) is 24.2 Å². The van der Waals surface area contributed by atoms with E-state index in [0.29, 0.717) is 0 Å². The second kappa shape index (κ2) is 11.5. The van der Waals surface area contributed by atoms with E-state index in [1.165, 1.54) is 51.8 Å². The molecule has 2 rings (SSSR count). The van der Waals surface area contributed by atoms with E-state index in [-0.39, 0.29) is 12.0 Å². The Morgan fingerprint density at radius 2 is 1.62 bits per heavy atom. The minimum Gasteiger partial charge on any atom is -0.463 e. The van der Waals surface area contributed by atoms with Gasteiger partial charge >= 0.3 is 17.9 Å². The lowest BCUT2D eigenvalue weighted by Gasteiger charge is -2.41. The fourth-order valence-corrected chi connectivity index (χ4v) is 4.72.